The summed E-state index contributed by atoms with van der Waals surface area (Å²) < 4.78 is 16.2. The first-order valence-electron chi connectivity index (χ1n) is 7.34. The Labute approximate surface area is 149 Å². The van der Waals surface area contributed by atoms with Crippen LogP contribution in [0, 0.1) is 13.8 Å². The van der Waals surface area contributed by atoms with E-state index in [1.807, 2.05) is 32.0 Å². The number of ether oxygens (including phenoxy) is 2. The fraction of sp³-hybridized carbons (Fsp3) is 0.294. The molecule has 0 spiro atoms. The number of rotatable bonds is 6. The summed E-state index contributed by atoms with van der Waals surface area (Å²) in [6, 6.07) is 5.82. The van der Waals surface area contributed by atoms with Gasteiger partial charge in [-0.15, -0.1) is 11.3 Å². The topological polar surface area (TPSA) is 57.4 Å². The molecule has 126 valence electrons. The second-order valence-corrected chi connectivity index (χ2v) is 6.91. The maximum Gasteiger partial charge on any atom is 0.256 e. The maximum atomic E-state index is 5.58. The molecule has 0 saturated carbocycles. The number of methoxy groups -OCH3 is 2. The van der Waals surface area contributed by atoms with Crippen molar-refractivity contribution in [2.24, 2.45) is 0 Å². The number of benzene rings is 1. The first-order chi connectivity index (χ1) is 11.6. The number of thioether (sulfide) groups is 1. The van der Waals surface area contributed by atoms with Crippen LogP contribution in [-0.4, -0.2) is 24.2 Å². The van der Waals surface area contributed by atoms with Crippen LogP contribution in [0.4, 0.5) is 0 Å². The van der Waals surface area contributed by atoms with E-state index >= 15 is 0 Å². The molecule has 1 aromatic carbocycles. The van der Waals surface area contributed by atoms with Crippen molar-refractivity contribution in [2.75, 3.05) is 14.2 Å². The van der Waals surface area contributed by atoms with E-state index in [0.29, 0.717) is 16.7 Å². The summed E-state index contributed by atoms with van der Waals surface area (Å²) in [5.41, 5.74) is 2.95. The molecule has 0 radical (unpaired) electrons. The molecule has 0 aliphatic heterocycles. The van der Waals surface area contributed by atoms with E-state index in [1.54, 1.807) is 37.3 Å². The molecule has 0 aliphatic carbocycles. The minimum atomic E-state index is 0.686. The van der Waals surface area contributed by atoms with Crippen LogP contribution in [0.15, 0.2) is 33.2 Å². The zero-order chi connectivity index (χ0) is 17.1. The van der Waals surface area contributed by atoms with Crippen molar-refractivity contribution in [3.8, 4) is 22.1 Å². The standard InChI is InChI=1S/C17H18N2O3S2/c1-10-11(2)22-17(18-10)24-9-13-8-23-16(19-13)12-5-6-14(20-3)15(7-12)21-4/h5-8H,9H2,1-4H3. The highest BCUT2D eigenvalue weighted by molar-refractivity contribution is 7.98. The van der Waals surface area contributed by atoms with Crippen LogP contribution in [0.5, 0.6) is 11.5 Å². The summed E-state index contributed by atoms with van der Waals surface area (Å²) in [5.74, 6) is 3.00. The van der Waals surface area contributed by atoms with E-state index in [1.165, 1.54) is 0 Å². The Morgan fingerprint density at radius 2 is 1.92 bits per heavy atom. The Morgan fingerprint density at radius 1 is 1.12 bits per heavy atom. The molecule has 0 unspecified atom stereocenters. The van der Waals surface area contributed by atoms with Crippen LogP contribution in [0.1, 0.15) is 17.1 Å². The van der Waals surface area contributed by atoms with Crippen LogP contribution < -0.4 is 9.47 Å². The summed E-state index contributed by atoms with van der Waals surface area (Å²) in [6.07, 6.45) is 0. The molecule has 3 aromatic rings. The van der Waals surface area contributed by atoms with E-state index in [4.69, 9.17) is 13.9 Å². The monoisotopic (exact) mass is 362 g/mol. The summed E-state index contributed by atoms with van der Waals surface area (Å²) in [7, 11) is 3.26. The van der Waals surface area contributed by atoms with E-state index < -0.39 is 0 Å². The summed E-state index contributed by atoms with van der Waals surface area (Å²) in [4.78, 5) is 9.06. The third kappa shape index (κ3) is 3.57. The van der Waals surface area contributed by atoms with E-state index in [9.17, 15) is 0 Å². The summed E-state index contributed by atoms with van der Waals surface area (Å²) >= 11 is 3.16. The Kier molecular flexibility index (Phi) is 5.11. The lowest BCUT2D eigenvalue weighted by atomic mass is 10.2. The molecule has 0 amide bonds. The molecule has 0 aliphatic rings. The maximum absolute atomic E-state index is 5.58. The van der Waals surface area contributed by atoms with Crippen molar-refractivity contribution in [1.29, 1.82) is 0 Å². The normalized spacial score (nSPS) is 10.8. The molecule has 0 fully saturated rings. The Morgan fingerprint density at radius 3 is 2.58 bits per heavy atom. The zero-order valence-electron chi connectivity index (χ0n) is 14.0. The van der Waals surface area contributed by atoms with Gasteiger partial charge in [0.05, 0.1) is 25.6 Å². The average Bonchev–Trinajstić information content (AvgIpc) is 3.19. The predicted molar refractivity (Wildman–Crippen MR) is 96.2 cm³/mol. The SMILES string of the molecule is COc1ccc(-c2nc(CSc3nc(C)c(C)o3)cs2)cc1OC. The second kappa shape index (κ2) is 7.27. The van der Waals surface area contributed by atoms with Crippen LogP contribution in [-0.2, 0) is 5.75 Å². The molecule has 2 aromatic heterocycles. The molecule has 5 nitrogen and oxygen atoms in total. The van der Waals surface area contributed by atoms with Gasteiger partial charge in [0.25, 0.3) is 5.22 Å². The van der Waals surface area contributed by atoms with E-state index in [-0.39, 0.29) is 0 Å². The first kappa shape index (κ1) is 16.9. The van der Waals surface area contributed by atoms with Gasteiger partial charge in [0.15, 0.2) is 11.5 Å². The highest BCUT2D eigenvalue weighted by Crippen LogP contribution is 2.34. The molecule has 0 atom stereocenters. The van der Waals surface area contributed by atoms with Gasteiger partial charge in [-0.05, 0) is 32.0 Å². The lowest BCUT2D eigenvalue weighted by molar-refractivity contribution is 0.355. The fourth-order valence-electron chi connectivity index (χ4n) is 2.12. The number of thiazole rings is 1. The molecule has 3 rings (SSSR count). The number of oxazole rings is 1. The van der Waals surface area contributed by atoms with Gasteiger partial charge in [0.1, 0.15) is 10.8 Å². The van der Waals surface area contributed by atoms with Crippen LogP contribution >= 0.6 is 23.1 Å². The van der Waals surface area contributed by atoms with Crippen molar-refractivity contribution in [2.45, 2.75) is 24.8 Å². The van der Waals surface area contributed by atoms with Crippen LogP contribution in [0.3, 0.4) is 0 Å². The van der Waals surface area contributed by atoms with Crippen LogP contribution in [0.2, 0.25) is 0 Å². The summed E-state index contributed by atoms with van der Waals surface area (Å²) in [6.45, 7) is 3.87. The van der Waals surface area contributed by atoms with Gasteiger partial charge in [-0.2, -0.15) is 0 Å². The average molecular weight is 362 g/mol. The third-order valence-corrected chi connectivity index (χ3v) is 5.34. The Balaban J connectivity index is 1.73. The number of nitrogens with zero attached hydrogens (tertiary/aromatic N) is 2. The fourth-order valence-corrected chi connectivity index (χ4v) is 3.84. The number of hydrogen-bond acceptors (Lipinski definition) is 7. The molecule has 0 N–H and O–H groups in total. The Bertz CT molecular complexity index is 823. The van der Waals surface area contributed by atoms with Gasteiger partial charge >= 0.3 is 0 Å². The lowest BCUT2D eigenvalue weighted by Crippen LogP contribution is -1.90. The van der Waals surface area contributed by atoms with Gasteiger partial charge in [-0.3, -0.25) is 0 Å². The molecule has 2 heterocycles. The van der Waals surface area contributed by atoms with E-state index in [0.717, 1.165) is 33.5 Å². The lowest BCUT2D eigenvalue weighted by Gasteiger charge is -2.08. The number of hydrogen-bond donors (Lipinski definition) is 0. The van der Waals surface area contributed by atoms with Crippen molar-refractivity contribution < 1.29 is 13.9 Å². The molecular weight excluding hydrogens is 344 g/mol. The highest BCUT2D eigenvalue weighted by atomic mass is 32.2. The van der Waals surface area contributed by atoms with Crippen molar-refractivity contribution in [3.63, 3.8) is 0 Å². The second-order valence-electron chi connectivity index (χ2n) is 5.12. The minimum Gasteiger partial charge on any atom is -0.493 e. The van der Waals surface area contributed by atoms with Gasteiger partial charge in [0, 0.05) is 16.7 Å². The third-order valence-electron chi connectivity index (χ3n) is 3.53. The highest BCUT2D eigenvalue weighted by Gasteiger charge is 2.11. The van der Waals surface area contributed by atoms with Gasteiger partial charge in [0.2, 0.25) is 0 Å². The minimum absolute atomic E-state index is 0.686. The summed E-state index contributed by atoms with van der Waals surface area (Å²) in [5, 5.41) is 3.69. The molecule has 0 saturated heterocycles. The molecular formula is C17H18N2O3S2. The molecule has 7 heteroatoms. The zero-order valence-corrected chi connectivity index (χ0v) is 15.6. The smallest absolute Gasteiger partial charge is 0.256 e. The number of aryl methyl sites for hydroxylation is 2. The van der Waals surface area contributed by atoms with Gasteiger partial charge in [-0.1, -0.05) is 11.8 Å². The number of aromatic nitrogens is 2. The molecule has 0 bridgehead atoms. The van der Waals surface area contributed by atoms with Crippen molar-refractivity contribution >= 4 is 23.1 Å². The first-order valence-corrected chi connectivity index (χ1v) is 9.21. The van der Waals surface area contributed by atoms with Gasteiger partial charge in [-0.25, -0.2) is 9.97 Å². The quantitative estimate of drug-likeness (QED) is 0.591. The van der Waals surface area contributed by atoms with Crippen molar-refractivity contribution in [1.82, 2.24) is 9.97 Å². The predicted octanol–water partition coefficient (Wildman–Crippen LogP) is 4.72. The van der Waals surface area contributed by atoms with Crippen LogP contribution in [0.25, 0.3) is 10.6 Å². The molecule has 24 heavy (non-hydrogen) atoms. The Hall–Kier alpha value is -1.99. The largest absolute Gasteiger partial charge is 0.493 e. The van der Waals surface area contributed by atoms with Crippen molar-refractivity contribution in [3.05, 3.63) is 40.7 Å². The van der Waals surface area contributed by atoms with Gasteiger partial charge < -0.3 is 13.9 Å². The van der Waals surface area contributed by atoms with E-state index in [2.05, 4.69) is 15.3 Å².